The average molecular weight is 524 g/mol. The van der Waals surface area contributed by atoms with Crippen LogP contribution in [-0.4, -0.2) is 66.8 Å². The Morgan fingerprint density at radius 3 is 2.22 bits per heavy atom. The minimum absolute atomic E-state index is 0.131. The number of hydrogen-bond donors (Lipinski definition) is 1. The molecule has 3 aromatic rings. The van der Waals surface area contributed by atoms with Crippen LogP contribution in [0.3, 0.4) is 0 Å². The molecule has 0 atom stereocenters. The maximum Gasteiger partial charge on any atom is 0.253 e. The number of likely N-dealkylation sites (tertiary alicyclic amines) is 1. The van der Waals surface area contributed by atoms with Crippen LogP contribution in [-0.2, 0) is 14.6 Å². The predicted octanol–water partition coefficient (Wildman–Crippen LogP) is 2.58. The molecule has 2 aliphatic heterocycles. The fourth-order valence-electron chi connectivity index (χ4n) is 4.55. The van der Waals surface area contributed by atoms with Crippen molar-refractivity contribution in [2.75, 3.05) is 31.1 Å². The Morgan fingerprint density at radius 2 is 1.65 bits per heavy atom. The van der Waals surface area contributed by atoms with Gasteiger partial charge in [-0.3, -0.25) is 14.5 Å². The lowest BCUT2D eigenvalue weighted by Crippen LogP contribution is -2.51. The molecule has 1 aromatic heterocycles. The van der Waals surface area contributed by atoms with Crippen molar-refractivity contribution in [2.24, 2.45) is 5.92 Å². The zero-order chi connectivity index (χ0) is 26.0. The Kier molecular flexibility index (Phi) is 6.98. The summed E-state index contributed by atoms with van der Waals surface area (Å²) >= 11 is 0. The summed E-state index contributed by atoms with van der Waals surface area (Å²) in [5.74, 6) is -0.610. The highest BCUT2D eigenvalue weighted by Crippen LogP contribution is 2.30. The van der Waals surface area contributed by atoms with Crippen LogP contribution >= 0.6 is 0 Å². The number of aromatic nitrogens is 2. The molecular formula is C26H26FN5O4S. The third kappa shape index (κ3) is 5.09. The van der Waals surface area contributed by atoms with Gasteiger partial charge in [0.2, 0.25) is 5.91 Å². The van der Waals surface area contributed by atoms with E-state index >= 15 is 0 Å². The summed E-state index contributed by atoms with van der Waals surface area (Å²) in [5.41, 5.74) is 0.884. The molecule has 0 bridgehead atoms. The molecule has 11 heteroatoms. The van der Waals surface area contributed by atoms with Gasteiger partial charge in [0.05, 0.1) is 21.8 Å². The summed E-state index contributed by atoms with van der Waals surface area (Å²) in [6.45, 7) is 1.74. The zero-order valence-corrected chi connectivity index (χ0v) is 20.8. The first kappa shape index (κ1) is 25.0. The zero-order valence-electron chi connectivity index (χ0n) is 20.0. The van der Waals surface area contributed by atoms with Gasteiger partial charge in [0.1, 0.15) is 5.82 Å². The van der Waals surface area contributed by atoms with E-state index in [0.29, 0.717) is 56.1 Å². The number of nitrogens with one attached hydrogen (secondary N) is 1. The Balaban J connectivity index is 1.30. The fourth-order valence-corrected chi connectivity index (χ4v) is 6.28. The second-order valence-corrected chi connectivity index (χ2v) is 11.4. The first-order chi connectivity index (χ1) is 17.8. The van der Waals surface area contributed by atoms with Gasteiger partial charge < -0.3 is 10.2 Å². The number of sulfone groups is 1. The van der Waals surface area contributed by atoms with Crippen LogP contribution in [0.1, 0.15) is 23.2 Å². The second kappa shape index (κ2) is 10.3. The molecule has 1 N–H and O–H groups in total. The molecule has 9 nitrogen and oxygen atoms in total. The maximum absolute atomic E-state index is 13.4. The van der Waals surface area contributed by atoms with Crippen molar-refractivity contribution in [3.8, 4) is 0 Å². The van der Waals surface area contributed by atoms with Gasteiger partial charge in [-0.15, -0.1) is 5.10 Å². The van der Waals surface area contributed by atoms with E-state index in [1.54, 1.807) is 29.2 Å². The lowest BCUT2D eigenvalue weighted by Gasteiger charge is -2.32. The average Bonchev–Trinajstić information content (AvgIpc) is 2.89. The second-order valence-electron chi connectivity index (χ2n) is 9.15. The van der Waals surface area contributed by atoms with Gasteiger partial charge in [0.15, 0.2) is 15.7 Å². The number of anilines is 2. The van der Waals surface area contributed by atoms with Crippen molar-refractivity contribution in [1.29, 1.82) is 0 Å². The van der Waals surface area contributed by atoms with Crippen molar-refractivity contribution < 1.29 is 22.4 Å². The monoisotopic (exact) mass is 523 g/mol. The van der Waals surface area contributed by atoms with E-state index in [-0.39, 0.29) is 22.6 Å². The number of amides is 2. The molecule has 37 heavy (non-hydrogen) atoms. The molecule has 5 rings (SSSR count). The number of benzene rings is 2. The van der Waals surface area contributed by atoms with Crippen LogP contribution in [0.25, 0.3) is 0 Å². The Morgan fingerprint density at radius 1 is 0.973 bits per heavy atom. The molecule has 0 saturated carbocycles. The summed E-state index contributed by atoms with van der Waals surface area (Å²) < 4.78 is 39.9. The molecule has 192 valence electrons. The van der Waals surface area contributed by atoms with Crippen molar-refractivity contribution in [3.05, 3.63) is 78.2 Å². The molecule has 0 spiro atoms. The first-order valence-electron chi connectivity index (χ1n) is 12.1. The molecule has 0 aliphatic carbocycles. The highest BCUT2D eigenvalue weighted by atomic mass is 32.2. The number of piperidine rings is 1. The number of hydrogen-bond acceptors (Lipinski definition) is 7. The van der Waals surface area contributed by atoms with E-state index in [0.717, 1.165) is 0 Å². The molecule has 2 fully saturated rings. The van der Waals surface area contributed by atoms with Crippen LogP contribution in [0.4, 0.5) is 15.9 Å². The topological polar surface area (TPSA) is 113 Å². The number of carbonyl (C=O) groups excluding carboxylic acids is 2. The molecule has 2 amide bonds. The van der Waals surface area contributed by atoms with Crippen LogP contribution in [0, 0.1) is 11.7 Å². The smallest absolute Gasteiger partial charge is 0.253 e. The SMILES string of the molecule is O=C(c1ccc(F)cc1)N1CCC(S(=O)(=O)c2ccc(N(C(=O)C3CNC3)c3cccnn3)cc2)CC1. The van der Waals surface area contributed by atoms with E-state index in [4.69, 9.17) is 0 Å². The summed E-state index contributed by atoms with van der Waals surface area (Å²) in [5, 5.41) is 10.4. The number of nitrogens with zero attached hydrogens (tertiary/aromatic N) is 4. The maximum atomic E-state index is 13.4. The van der Waals surface area contributed by atoms with Crippen LogP contribution in [0.5, 0.6) is 0 Å². The lowest BCUT2D eigenvalue weighted by atomic mass is 10.0. The minimum atomic E-state index is -3.65. The molecule has 3 heterocycles. The van der Waals surface area contributed by atoms with Gasteiger partial charge in [0, 0.05) is 37.9 Å². The van der Waals surface area contributed by atoms with Gasteiger partial charge in [-0.2, -0.15) is 5.10 Å². The summed E-state index contributed by atoms with van der Waals surface area (Å²) in [4.78, 5) is 29.0. The van der Waals surface area contributed by atoms with E-state index in [1.807, 2.05) is 0 Å². The van der Waals surface area contributed by atoms with Crippen molar-refractivity contribution in [1.82, 2.24) is 20.4 Å². The van der Waals surface area contributed by atoms with Crippen molar-refractivity contribution in [3.63, 3.8) is 0 Å². The van der Waals surface area contributed by atoms with E-state index < -0.39 is 20.9 Å². The van der Waals surface area contributed by atoms with Crippen molar-refractivity contribution >= 4 is 33.2 Å². The van der Waals surface area contributed by atoms with Crippen LogP contribution in [0.2, 0.25) is 0 Å². The molecule has 0 radical (unpaired) electrons. The van der Waals surface area contributed by atoms with Gasteiger partial charge in [0.25, 0.3) is 5.91 Å². The number of carbonyl (C=O) groups is 2. The van der Waals surface area contributed by atoms with Crippen molar-refractivity contribution in [2.45, 2.75) is 23.0 Å². The molecule has 2 aromatic carbocycles. The Hall–Kier alpha value is -3.70. The molecule has 0 unspecified atom stereocenters. The number of rotatable bonds is 6. The van der Waals surface area contributed by atoms with Gasteiger partial charge >= 0.3 is 0 Å². The normalized spacial score (nSPS) is 16.7. The Bertz CT molecular complexity index is 1370. The van der Waals surface area contributed by atoms with E-state index in [2.05, 4.69) is 15.5 Å². The highest BCUT2D eigenvalue weighted by Gasteiger charge is 2.34. The third-order valence-electron chi connectivity index (χ3n) is 6.82. The third-order valence-corrected chi connectivity index (χ3v) is 9.10. The van der Waals surface area contributed by atoms with Crippen LogP contribution in [0.15, 0.2) is 71.8 Å². The summed E-state index contributed by atoms with van der Waals surface area (Å²) in [6.07, 6.45) is 2.12. The van der Waals surface area contributed by atoms with Gasteiger partial charge in [-0.1, -0.05) is 0 Å². The lowest BCUT2D eigenvalue weighted by molar-refractivity contribution is -0.123. The Labute approximate surface area is 214 Å². The highest BCUT2D eigenvalue weighted by molar-refractivity contribution is 7.92. The van der Waals surface area contributed by atoms with Crippen LogP contribution < -0.4 is 10.2 Å². The quantitative estimate of drug-likeness (QED) is 0.529. The predicted molar refractivity (Wildman–Crippen MR) is 134 cm³/mol. The van der Waals surface area contributed by atoms with E-state index in [9.17, 15) is 22.4 Å². The molecule has 2 saturated heterocycles. The minimum Gasteiger partial charge on any atom is -0.339 e. The summed E-state index contributed by atoms with van der Waals surface area (Å²) in [7, 11) is -3.65. The molecule has 2 aliphatic rings. The van der Waals surface area contributed by atoms with E-state index in [1.165, 1.54) is 47.5 Å². The van der Waals surface area contributed by atoms with Gasteiger partial charge in [-0.25, -0.2) is 12.8 Å². The molecular weight excluding hydrogens is 497 g/mol. The largest absolute Gasteiger partial charge is 0.339 e. The summed E-state index contributed by atoms with van der Waals surface area (Å²) in [6, 6.07) is 14.9. The van der Waals surface area contributed by atoms with Gasteiger partial charge in [-0.05, 0) is 73.5 Å². The first-order valence-corrected chi connectivity index (χ1v) is 13.6. The standard InChI is InChI=1S/C26H26FN5O4S/c27-20-5-3-18(4-6-20)25(33)31-14-11-23(12-15-31)37(35,36)22-9-7-21(8-10-22)32(24-2-1-13-29-30-24)26(34)19-16-28-17-19/h1-10,13,19,23,28H,11-12,14-17H2. The fraction of sp³-hybridized carbons (Fsp3) is 0.308. The number of halogens is 1.